The first-order valence-electron chi connectivity index (χ1n) is 5.96. The number of carboxylic acids is 1. The second-order valence-electron chi connectivity index (χ2n) is 4.12. The number of aliphatic carboxylic acids is 1. The third-order valence-electron chi connectivity index (χ3n) is 2.68. The molecular weight excluding hydrogens is 262 g/mol. The van der Waals surface area contributed by atoms with Crippen LogP contribution in [0.15, 0.2) is 18.2 Å². The Bertz CT molecular complexity index is 575. The number of terminal acetylenes is 1. The van der Waals surface area contributed by atoms with Gasteiger partial charge in [-0.3, -0.25) is 9.59 Å². The third-order valence-corrected chi connectivity index (χ3v) is 2.68. The topological polar surface area (TPSA) is 76.1 Å². The summed E-state index contributed by atoms with van der Waals surface area (Å²) >= 11 is 0. The van der Waals surface area contributed by atoms with Crippen molar-refractivity contribution in [3.05, 3.63) is 23.8 Å². The number of rotatable bonds is 4. The summed E-state index contributed by atoms with van der Waals surface area (Å²) in [6, 6.07) is 4.71. The minimum atomic E-state index is -1.12. The molecule has 0 fully saturated rings. The zero-order valence-corrected chi connectivity index (χ0v) is 10.7. The van der Waals surface area contributed by atoms with Gasteiger partial charge < -0.3 is 19.5 Å². The van der Waals surface area contributed by atoms with Gasteiger partial charge in [0.2, 0.25) is 0 Å². The molecule has 1 aromatic rings. The molecule has 1 amide bonds. The van der Waals surface area contributed by atoms with E-state index < -0.39 is 18.4 Å². The van der Waals surface area contributed by atoms with Crippen molar-refractivity contribution in [3.63, 3.8) is 0 Å². The number of carboxylic acid groups (broad SMARTS) is 1. The van der Waals surface area contributed by atoms with Gasteiger partial charge in [0, 0.05) is 5.56 Å². The Morgan fingerprint density at radius 3 is 2.65 bits per heavy atom. The van der Waals surface area contributed by atoms with E-state index in [0.29, 0.717) is 30.3 Å². The van der Waals surface area contributed by atoms with Crippen LogP contribution in [-0.2, 0) is 4.79 Å². The van der Waals surface area contributed by atoms with Gasteiger partial charge in [0.05, 0.1) is 6.54 Å². The van der Waals surface area contributed by atoms with Gasteiger partial charge in [-0.15, -0.1) is 6.42 Å². The highest BCUT2D eigenvalue weighted by Crippen LogP contribution is 2.31. The molecule has 2 rings (SSSR count). The van der Waals surface area contributed by atoms with Crippen LogP contribution in [0.25, 0.3) is 0 Å². The van der Waals surface area contributed by atoms with Crippen molar-refractivity contribution in [1.82, 2.24) is 4.90 Å². The fourth-order valence-electron chi connectivity index (χ4n) is 1.83. The Kier molecular flexibility index (Phi) is 4.11. The van der Waals surface area contributed by atoms with Crippen LogP contribution in [0.3, 0.4) is 0 Å². The van der Waals surface area contributed by atoms with Crippen LogP contribution >= 0.6 is 0 Å². The van der Waals surface area contributed by atoms with Gasteiger partial charge in [0.25, 0.3) is 5.91 Å². The summed E-state index contributed by atoms with van der Waals surface area (Å²) in [6.07, 6.45) is 5.15. The van der Waals surface area contributed by atoms with Crippen molar-refractivity contribution in [2.75, 3.05) is 26.3 Å². The van der Waals surface area contributed by atoms with E-state index in [2.05, 4.69) is 5.92 Å². The summed E-state index contributed by atoms with van der Waals surface area (Å²) < 4.78 is 10.7. The molecule has 0 spiro atoms. The van der Waals surface area contributed by atoms with Crippen LogP contribution < -0.4 is 9.47 Å². The number of fused-ring (bicyclic) bond motifs is 1. The Morgan fingerprint density at radius 2 is 2.00 bits per heavy atom. The summed E-state index contributed by atoms with van der Waals surface area (Å²) in [6.45, 7) is 0.355. The van der Waals surface area contributed by atoms with Crippen LogP contribution in [-0.4, -0.2) is 48.2 Å². The second kappa shape index (κ2) is 5.97. The van der Waals surface area contributed by atoms with E-state index in [9.17, 15) is 9.59 Å². The van der Waals surface area contributed by atoms with Crippen LogP contribution in [0.2, 0.25) is 0 Å². The molecule has 104 valence electrons. The summed E-state index contributed by atoms with van der Waals surface area (Å²) in [5.74, 6) is 1.73. The summed E-state index contributed by atoms with van der Waals surface area (Å²) in [4.78, 5) is 24.0. The highest BCUT2D eigenvalue weighted by atomic mass is 16.6. The van der Waals surface area contributed by atoms with Crippen molar-refractivity contribution in [2.45, 2.75) is 0 Å². The van der Waals surface area contributed by atoms with Crippen molar-refractivity contribution in [3.8, 4) is 23.8 Å². The van der Waals surface area contributed by atoms with Crippen LogP contribution in [0.5, 0.6) is 11.5 Å². The lowest BCUT2D eigenvalue weighted by atomic mass is 10.1. The lowest BCUT2D eigenvalue weighted by Gasteiger charge is -2.21. The van der Waals surface area contributed by atoms with Gasteiger partial charge in [0.1, 0.15) is 19.8 Å². The van der Waals surface area contributed by atoms with Crippen molar-refractivity contribution >= 4 is 11.9 Å². The largest absolute Gasteiger partial charge is 0.486 e. The number of benzene rings is 1. The van der Waals surface area contributed by atoms with Crippen molar-refractivity contribution in [2.24, 2.45) is 0 Å². The SMILES string of the molecule is C#CCN(CC(=O)O)C(=O)c1ccc2c(c1)OCCO2. The van der Waals surface area contributed by atoms with E-state index in [1.165, 1.54) is 6.07 Å². The van der Waals surface area contributed by atoms with Crippen LogP contribution in [0.1, 0.15) is 10.4 Å². The van der Waals surface area contributed by atoms with E-state index >= 15 is 0 Å². The second-order valence-corrected chi connectivity index (χ2v) is 4.12. The van der Waals surface area contributed by atoms with E-state index in [0.717, 1.165) is 4.90 Å². The molecule has 1 aliphatic heterocycles. The molecule has 1 aromatic carbocycles. The molecule has 0 aliphatic carbocycles. The molecule has 6 nitrogen and oxygen atoms in total. The predicted octanol–water partition coefficient (Wildman–Crippen LogP) is 0.618. The average molecular weight is 275 g/mol. The fraction of sp³-hybridized carbons (Fsp3) is 0.286. The van der Waals surface area contributed by atoms with Crippen molar-refractivity contribution < 1.29 is 24.2 Å². The maximum Gasteiger partial charge on any atom is 0.323 e. The quantitative estimate of drug-likeness (QED) is 0.815. The molecule has 1 heterocycles. The number of hydrogen-bond donors (Lipinski definition) is 1. The normalized spacial score (nSPS) is 12.3. The molecule has 0 aromatic heterocycles. The molecule has 0 bridgehead atoms. The minimum Gasteiger partial charge on any atom is -0.486 e. The maximum absolute atomic E-state index is 12.2. The van der Waals surface area contributed by atoms with Crippen LogP contribution in [0.4, 0.5) is 0 Å². The zero-order valence-electron chi connectivity index (χ0n) is 10.7. The number of nitrogens with zero attached hydrogens (tertiary/aromatic N) is 1. The van der Waals surface area contributed by atoms with Gasteiger partial charge in [-0.25, -0.2) is 0 Å². The Morgan fingerprint density at radius 1 is 1.30 bits per heavy atom. The Labute approximate surface area is 115 Å². The average Bonchev–Trinajstić information content (AvgIpc) is 2.45. The van der Waals surface area contributed by atoms with E-state index in [1.807, 2.05) is 0 Å². The molecule has 0 saturated heterocycles. The maximum atomic E-state index is 12.2. The molecule has 1 N–H and O–H groups in total. The lowest BCUT2D eigenvalue weighted by Crippen LogP contribution is -2.36. The number of ether oxygens (including phenoxy) is 2. The van der Waals surface area contributed by atoms with Gasteiger partial charge in [0.15, 0.2) is 11.5 Å². The van der Waals surface area contributed by atoms with E-state index in [-0.39, 0.29) is 6.54 Å². The monoisotopic (exact) mass is 275 g/mol. The summed E-state index contributed by atoms with van der Waals surface area (Å²) in [7, 11) is 0. The highest BCUT2D eigenvalue weighted by molar-refractivity contribution is 5.96. The first-order valence-corrected chi connectivity index (χ1v) is 5.96. The predicted molar refractivity (Wildman–Crippen MR) is 69.8 cm³/mol. The Hall–Kier alpha value is -2.68. The molecule has 0 saturated carbocycles. The number of hydrogen-bond acceptors (Lipinski definition) is 4. The van der Waals surface area contributed by atoms with Gasteiger partial charge >= 0.3 is 5.97 Å². The van der Waals surface area contributed by atoms with E-state index in [4.69, 9.17) is 21.0 Å². The molecule has 0 radical (unpaired) electrons. The van der Waals surface area contributed by atoms with Gasteiger partial charge in [-0.2, -0.15) is 0 Å². The van der Waals surface area contributed by atoms with Gasteiger partial charge in [-0.05, 0) is 18.2 Å². The molecular formula is C14H13NO5. The number of carbonyl (C=O) groups is 2. The smallest absolute Gasteiger partial charge is 0.323 e. The molecule has 1 aliphatic rings. The molecule has 6 heteroatoms. The van der Waals surface area contributed by atoms with Gasteiger partial charge in [-0.1, -0.05) is 5.92 Å². The van der Waals surface area contributed by atoms with Crippen molar-refractivity contribution in [1.29, 1.82) is 0 Å². The first kappa shape index (κ1) is 13.7. The third kappa shape index (κ3) is 3.01. The highest BCUT2D eigenvalue weighted by Gasteiger charge is 2.20. The fourth-order valence-corrected chi connectivity index (χ4v) is 1.83. The zero-order chi connectivity index (χ0) is 14.5. The Balaban J connectivity index is 2.22. The first-order chi connectivity index (χ1) is 9.61. The summed E-state index contributed by atoms with van der Waals surface area (Å²) in [5.41, 5.74) is 0.311. The number of amides is 1. The lowest BCUT2D eigenvalue weighted by molar-refractivity contribution is -0.137. The standard InChI is InChI=1S/C14H13NO5/c1-2-5-15(9-13(16)17)14(18)10-3-4-11-12(8-10)20-7-6-19-11/h1,3-4,8H,5-7,9H2,(H,16,17). The number of carbonyl (C=O) groups excluding carboxylic acids is 1. The summed E-state index contributed by atoms with van der Waals surface area (Å²) in [5, 5.41) is 8.79. The molecule has 0 atom stereocenters. The molecule has 20 heavy (non-hydrogen) atoms. The molecule has 0 unspecified atom stereocenters. The minimum absolute atomic E-state index is 0.0699. The van der Waals surface area contributed by atoms with Crippen LogP contribution in [0, 0.1) is 12.3 Å². The van der Waals surface area contributed by atoms with E-state index in [1.54, 1.807) is 12.1 Å².